The Hall–Kier alpha value is -1.36. The number of hydrogen-bond acceptors (Lipinski definition) is 4. The maximum atomic E-state index is 13.6. The summed E-state index contributed by atoms with van der Waals surface area (Å²) >= 11 is 1.68. The third kappa shape index (κ3) is 8.46. The number of thioether (sulfide) groups is 1. The van der Waals surface area contributed by atoms with Crippen molar-refractivity contribution in [2.75, 3.05) is 25.4 Å². The van der Waals surface area contributed by atoms with Crippen LogP contribution >= 0.6 is 35.7 Å². The van der Waals surface area contributed by atoms with E-state index in [9.17, 15) is 4.39 Å². The second-order valence-corrected chi connectivity index (χ2v) is 6.73. The van der Waals surface area contributed by atoms with Gasteiger partial charge in [-0.05, 0) is 18.6 Å². The summed E-state index contributed by atoms with van der Waals surface area (Å²) in [6.07, 6.45) is 2.62. The molecule has 0 aliphatic carbocycles. The van der Waals surface area contributed by atoms with Crippen molar-refractivity contribution in [1.29, 1.82) is 0 Å². The van der Waals surface area contributed by atoms with Gasteiger partial charge in [-0.2, -0.15) is 11.8 Å². The Morgan fingerprint density at radius 2 is 2.07 bits per heavy atom. The highest BCUT2D eigenvalue weighted by Crippen LogP contribution is 2.14. The van der Waals surface area contributed by atoms with E-state index in [2.05, 4.69) is 32.7 Å². The lowest BCUT2D eigenvalue weighted by Gasteiger charge is -2.12. The van der Waals surface area contributed by atoms with E-state index in [0.717, 1.165) is 49.2 Å². The van der Waals surface area contributed by atoms with E-state index in [-0.39, 0.29) is 29.8 Å². The van der Waals surface area contributed by atoms with E-state index in [1.807, 2.05) is 23.6 Å². The summed E-state index contributed by atoms with van der Waals surface area (Å²) < 4.78 is 15.6. The Morgan fingerprint density at radius 3 is 2.81 bits per heavy atom. The molecule has 1 heterocycles. The average molecular weight is 506 g/mol. The molecule has 0 bridgehead atoms. The van der Waals surface area contributed by atoms with E-state index in [0.29, 0.717) is 12.3 Å². The number of aliphatic imine (C=N–C) groups is 1. The third-order valence-electron chi connectivity index (χ3n) is 3.72. The Balaban J connectivity index is 0.00000364. The largest absolute Gasteiger partial charge is 0.357 e. The lowest BCUT2D eigenvalue weighted by molar-refractivity contribution is 0.617. The van der Waals surface area contributed by atoms with Crippen LogP contribution in [0.1, 0.15) is 25.2 Å². The van der Waals surface area contributed by atoms with Gasteiger partial charge in [0.15, 0.2) is 5.96 Å². The van der Waals surface area contributed by atoms with Gasteiger partial charge in [0.2, 0.25) is 0 Å². The van der Waals surface area contributed by atoms with Gasteiger partial charge in [0, 0.05) is 37.6 Å². The van der Waals surface area contributed by atoms with E-state index in [1.165, 1.54) is 6.07 Å². The minimum atomic E-state index is -0.140. The van der Waals surface area contributed by atoms with Crippen molar-refractivity contribution in [3.63, 3.8) is 0 Å². The first-order chi connectivity index (χ1) is 12.7. The summed E-state index contributed by atoms with van der Waals surface area (Å²) in [4.78, 5) is 4.57. The molecule has 0 saturated heterocycles. The highest BCUT2D eigenvalue weighted by molar-refractivity contribution is 14.0. The fraction of sp³-hybridized carbons (Fsp3) is 0.500. The summed E-state index contributed by atoms with van der Waals surface area (Å²) in [6.45, 7) is 7.14. The Bertz CT molecular complexity index is 694. The topological polar surface area (TPSA) is 67.1 Å². The maximum absolute atomic E-state index is 13.6. The molecule has 9 heteroatoms. The summed E-state index contributed by atoms with van der Waals surface area (Å²) in [5.74, 6) is 3.15. The van der Waals surface area contributed by atoms with Crippen molar-refractivity contribution in [1.82, 2.24) is 25.4 Å². The molecule has 0 amide bonds. The van der Waals surface area contributed by atoms with Crippen molar-refractivity contribution in [2.45, 2.75) is 32.6 Å². The summed E-state index contributed by atoms with van der Waals surface area (Å²) in [6, 6.07) is 6.91. The van der Waals surface area contributed by atoms with Crippen LogP contribution in [0.4, 0.5) is 4.39 Å². The molecule has 1 aromatic carbocycles. The number of halogens is 2. The maximum Gasteiger partial charge on any atom is 0.191 e. The fourth-order valence-corrected chi connectivity index (χ4v) is 3.21. The lowest BCUT2D eigenvalue weighted by Crippen LogP contribution is -2.39. The van der Waals surface area contributed by atoms with Gasteiger partial charge in [-0.3, -0.25) is 4.99 Å². The normalized spacial score (nSPS) is 11.1. The van der Waals surface area contributed by atoms with Crippen LogP contribution in [0.2, 0.25) is 0 Å². The molecule has 0 fully saturated rings. The fourth-order valence-electron chi connectivity index (χ4n) is 2.40. The first kappa shape index (κ1) is 23.7. The van der Waals surface area contributed by atoms with Gasteiger partial charge < -0.3 is 15.2 Å². The highest BCUT2D eigenvalue weighted by Gasteiger charge is 2.03. The number of guanidine groups is 1. The molecule has 0 aliphatic rings. The highest BCUT2D eigenvalue weighted by atomic mass is 127. The number of hydrogen-bond donors (Lipinski definition) is 2. The molecule has 0 radical (unpaired) electrons. The first-order valence-corrected chi connectivity index (χ1v) is 10.1. The van der Waals surface area contributed by atoms with Crippen molar-refractivity contribution >= 4 is 41.7 Å². The van der Waals surface area contributed by atoms with Crippen LogP contribution in [0.25, 0.3) is 0 Å². The number of aromatic nitrogens is 3. The standard InChI is InChI=1S/C18H27FN6S.HI/c1-3-17-24-23-14-25(17)11-9-21-18(20-4-2)22-10-12-26-13-15-7-5-6-8-16(15)19;/h5-8,14H,3-4,9-13H2,1-2H3,(H2,20,21,22);1H. The minimum Gasteiger partial charge on any atom is -0.357 e. The molecule has 0 spiro atoms. The Labute approximate surface area is 181 Å². The zero-order valence-corrected chi connectivity index (χ0v) is 19.0. The average Bonchev–Trinajstić information content (AvgIpc) is 3.10. The second-order valence-electron chi connectivity index (χ2n) is 5.63. The van der Waals surface area contributed by atoms with Crippen molar-refractivity contribution in [2.24, 2.45) is 4.99 Å². The number of nitrogens with one attached hydrogen (secondary N) is 2. The molecule has 0 atom stereocenters. The second kappa shape index (κ2) is 13.8. The molecular formula is C18H28FIN6S. The smallest absolute Gasteiger partial charge is 0.191 e. The first-order valence-electron chi connectivity index (χ1n) is 8.94. The SMILES string of the molecule is CCNC(=NCCSCc1ccccc1F)NCCn1cnnc1CC.I. The van der Waals surface area contributed by atoms with Crippen LogP contribution in [-0.2, 0) is 18.7 Å². The molecule has 2 rings (SSSR count). The van der Waals surface area contributed by atoms with Crippen LogP contribution < -0.4 is 10.6 Å². The van der Waals surface area contributed by atoms with Gasteiger partial charge in [-0.25, -0.2) is 4.39 Å². The zero-order valence-electron chi connectivity index (χ0n) is 15.8. The monoisotopic (exact) mass is 506 g/mol. The lowest BCUT2D eigenvalue weighted by atomic mass is 10.2. The van der Waals surface area contributed by atoms with E-state index >= 15 is 0 Å². The van der Waals surface area contributed by atoms with Crippen LogP contribution in [0.15, 0.2) is 35.6 Å². The van der Waals surface area contributed by atoms with Crippen molar-refractivity contribution in [3.8, 4) is 0 Å². The summed E-state index contributed by atoms with van der Waals surface area (Å²) in [5, 5.41) is 14.6. The molecule has 2 aromatic rings. The predicted molar refractivity (Wildman–Crippen MR) is 121 cm³/mol. The zero-order chi connectivity index (χ0) is 18.6. The quantitative estimate of drug-likeness (QED) is 0.225. The molecule has 0 aliphatic heterocycles. The summed E-state index contributed by atoms with van der Waals surface area (Å²) in [5.41, 5.74) is 0.743. The Kier molecular flexibility index (Phi) is 12.1. The van der Waals surface area contributed by atoms with Gasteiger partial charge in [-0.1, -0.05) is 25.1 Å². The number of rotatable bonds is 10. The van der Waals surface area contributed by atoms with Crippen LogP contribution in [0.5, 0.6) is 0 Å². The van der Waals surface area contributed by atoms with Gasteiger partial charge >= 0.3 is 0 Å². The Morgan fingerprint density at radius 1 is 1.26 bits per heavy atom. The molecule has 0 saturated carbocycles. The summed E-state index contributed by atoms with van der Waals surface area (Å²) in [7, 11) is 0. The number of benzene rings is 1. The predicted octanol–water partition coefficient (Wildman–Crippen LogP) is 3.09. The van der Waals surface area contributed by atoms with E-state index in [1.54, 1.807) is 24.2 Å². The molecule has 1 aromatic heterocycles. The van der Waals surface area contributed by atoms with Gasteiger partial charge in [0.05, 0.1) is 6.54 Å². The van der Waals surface area contributed by atoms with Gasteiger partial charge in [0.25, 0.3) is 0 Å². The van der Waals surface area contributed by atoms with Crippen LogP contribution in [-0.4, -0.2) is 46.1 Å². The van der Waals surface area contributed by atoms with Crippen LogP contribution in [0.3, 0.4) is 0 Å². The van der Waals surface area contributed by atoms with Gasteiger partial charge in [0.1, 0.15) is 18.0 Å². The number of aryl methyl sites for hydroxylation is 1. The molecule has 0 unspecified atom stereocenters. The molecule has 150 valence electrons. The third-order valence-corrected chi connectivity index (χ3v) is 4.71. The van der Waals surface area contributed by atoms with E-state index in [4.69, 9.17) is 0 Å². The molecule has 2 N–H and O–H groups in total. The minimum absolute atomic E-state index is 0. The number of nitrogens with zero attached hydrogens (tertiary/aromatic N) is 4. The van der Waals surface area contributed by atoms with Crippen molar-refractivity contribution < 1.29 is 4.39 Å². The molecule has 27 heavy (non-hydrogen) atoms. The van der Waals surface area contributed by atoms with Crippen molar-refractivity contribution in [3.05, 3.63) is 47.8 Å². The van der Waals surface area contributed by atoms with E-state index < -0.39 is 0 Å². The van der Waals surface area contributed by atoms with Crippen LogP contribution in [0, 0.1) is 5.82 Å². The molecule has 6 nitrogen and oxygen atoms in total. The van der Waals surface area contributed by atoms with Gasteiger partial charge in [-0.15, -0.1) is 34.2 Å². The molecular weight excluding hydrogens is 478 g/mol.